The number of benzene rings is 1. The molecule has 0 aromatic heterocycles. The standard InChI is InChI=1S/C6H5BF4N.K/c8-5-3-4(7(9,10)11)1-2-6(5)12;/h1-3H,12H2;/q-1;+1. The SMILES string of the molecule is Nc1ccc([B-](F)(F)F)cc1F.[K+]. The van der Waals surface area contributed by atoms with Crippen LogP contribution in [0.2, 0.25) is 0 Å². The summed E-state index contributed by atoms with van der Waals surface area (Å²) in [5, 5.41) is 0. The van der Waals surface area contributed by atoms with Crippen LogP contribution in [0.15, 0.2) is 18.2 Å². The third kappa shape index (κ3) is 3.59. The smallest absolute Gasteiger partial charge is 0.445 e. The maximum atomic E-state index is 12.5. The molecule has 0 aliphatic carbocycles. The van der Waals surface area contributed by atoms with Crippen LogP contribution >= 0.6 is 0 Å². The Hall–Kier alpha value is 0.441. The van der Waals surface area contributed by atoms with Crippen LogP contribution in [0.3, 0.4) is 0 Å². The fourth-order valence-corrected chi connectivity index (χ4v) is 0.747. The van der Waals surface area contributed by atoms with Gasteiger partial charge in [-0.1, -0.05) is 12.1 Å². The van der Waals surface area contributed by atoms with Crippen LogP contribution < -0.4 is 62.6 Å². The van der Waals surface area contributed by atoms with Crippen molar-refractivity contribution in [3.05, 3.63) is 24.0 Å². The van der Waals surface area contributed by atoms with Crippen molar-refractivity contribution in [3.8, 4) is 0 Å². The van der Waals surface area contributed by atoms with Gasteiger partial charge in [-0.3, -0.25) is 0 Å². The number of nitrogens with two attached hydrogens (primary N) is 1. The summed E-state index contributed by atoms with van der Waals surface area (Å²) in [5.41, 5.74) is 3.75. The van der Waals surface area contributed by atoms with Crippen LogP contribution in [0, 0.1) is 5.82 Å². The van der Waals surface area contributed by atoms with E-state index in [1.165, 1.54) is 0 Å². The van der Waals surface area contributed by atoms with Gasteiger partial charge in [-0.05, 0) is 6.07 Å². The molecule has 0 aliphatic rings. The Morgan fingerprint density at radius 2 is 1.69 bits per heavy atom. The van der Waals surface area contributed by atoms with Gasteiger partial charge < -0.3 is 18.7 Å². The van der Waals surface area contributed by atoms with Crippen molar-refractivity contribution in [2.75, 3.05) is 5.73 Å². The number of hydrogen-bond acceptors (Lipinski definition) is 1. The molecule has 1 aromatic carbocycles. The number of rotatable bonds is 1. The molecule has 0 amide bonds. The fourth-order valence-electron chi connectivity index (χ4n) is 0.747. The van der Waals surface area contributed by atoms with E-state index in [0.717, 1.165) is 12.1 Å². The van der Waals surface area contributed by atoms with E-state index >= 15 is 0 Å². The molecule has 0 aliphatic heterocycles. The van der Waals surface area contributed by atoms with Crippen LogP contribution in [-0.4, -0.2) is 6.98 Å². The molecule has 13 heavy (non-hydrogen) atoms. The van der Waals surface area contributed by atoms with Crippen molar-refractivity contribution in [1.82, 2.24) is 0 Å². The topological polar surface area (TPSA) is 26.0 Å². The summed E-state index contributed by atoms with van der Waals surface area (Å²) in [6.07, 6.45) is 0. The largest absolute Gasteiger partial charge is 1.00 e. The average molecular weight is 217 g/mol. The van der Waals surface area contributed by atoms with E-state index in [4.69, 9.17) is 5.73 Å². The summed E-state index contributed by atoms with van der Waals surface area (Å²) in [4.78, 5) is 0. The van der Waals surface area contributed by atoms with Crippen molar-refractivity contribution < 1.29 is 68.7 Å². The Balaban J connectivity index is 0.00000144. The normalized spacial score (nSPS) is 10.8. The van der Waals surface area contributed by atoms with Gasteiger partial charge in [0.25, 0.3) is 0 Å². The number of halogens is 4. The maximum Gasteiger partial charge on any atom is 1.00 e. The quantitative estimate of drug-likeness (QED) is 0.344. The Bertz CT molecular complexity index is 301. The van der Waals surface area contributed by atoms with E-state index in [-0.39, 0.29) is 57.1 Å². The van der Waals surface area contributed by atoms with Gasteiger partial charge >= 0.3 is 58.4 Å². The van der Waals surface area contributed by atoms with Crippen molar-refractivity contribution in [2.45, 2.75) is 0 Å². The van der Waals surface area contributed by atoms with Gasteiger partial charge in [-0.2, -0.15) is 0 Å². The van der Waals surface area contributed by atoms with E-state index in [0.29, 0.717) is 6.07 Å². The van der Waals surface area contributed by atoms with Crippen molar-refractivity contribution >= 4 is 18.1 Å². The summed E-state index contributed by atoms with van der Waals surface area (Å²) < 4.78 is 48.4. The molecule has 0 saturated carbocycles. The summed E-state index contributed by atoms with van der Waals surface area (Å²) in [7, 11) is 0. The summed E-state index contributed by atoms with van der Waals surface area (Å²) in [6.45, 7) is -5.13. The van der Waals surface area contributed by atoms with Gasteiger partial charge in [0.2, 0.25) is 0 Å². The molecule has 0 unspecified atom stereocenters. The molecule has 0 bridgehead atoms. The molecular weight excluding hydrogens is 212 g/mol. The monoisotopic (exact) mass is 217 g/mol. The van der Waals surface area contributed by atoms with Crippen molar-refractivity contribution in [1.29, 1.82) is 0 Å². The second-order valence-corrected chi connectivity index (χ2v) is 2.36. The van der Waals surface area contributed by atoms with Crippen LogP contribution in [0.1, 0.15) is 0 Å². The molecule has 0 spiro atoms. The molecule has 0 saturated heterocycles. The summed E-state index contributed by atoms with van der Waals surface area (Å²) in [5.74, 6) is -1.04. The van der Waals surface area contributed by atoms with Crippen LogP contribution in [0.5, 0.6) is 0 Å². The zero-order valence-electron chi connectivity index (χ0n) is 6.90. The zero-order chi connectivity index (χ0) is 9.35. The first-order chi connectivity index (χ1) is 5.41. The molecule has 0 atom stereocenters. The third-order valence-corrected chi connectivity index (χ3v) is 1.40. The van der Waals surface area contributed by atoms with Gasteiger partial charge in [0.05, 0.1) is 5.69 Å². The van der Waals surface area contributed by atoms with E-state index in [2.05, 4.69) is 0 Å². The fraction of sp³-hybridized carbons (Fsp3) is 0. The second-order valence-electron chi connectivity index (χ2n) is 2.36. The van der Waals surface area contributed by atoms with Gasteiger partial charge in [-0.15, -0.1) is 5.46 Å². The number of nitrogen functional groups attached to an aromatic ring is 1. The minimum Gasteiger partial charge on any atom is -0.445 e. The van der Waals surface area contributed by atoms with Gasteiger partial charge in [-0.25, -0.2) is 4.39 Å². The molecule has 66 valence electrons. The summed E-state index contributed by atoms with van der Waals surface area (Å²) in [6, 6.07) is 2.06. The molecule has 0 fully saturated rings. The first-order valence-corrected chi connectivity index (χ1v) is 3.16. The van der Waals surface area contributed by atoms with Gasteiger partial charge in [0.15, 0.2) is 0 Å². The first kappa shape index (κ1) is 13.4. The Labute approximate surface area is 115 Å². The van der Waals surface area contributed by atoms with Crippen molar-refractivity contribution in [2.24, 2.45) is 0 Å². The summed E-state index contributed by atoms with van der Waals surface area (Å²) >= 11 is 0. The molecular formula is C6H5BF4KN. The van der Waals surface area contributed by atoms with E-state index in [1.807, 2.05) is 0 Å². The molecule has 2 N–H and O–H groups in total. The van der Waals surface area contributed by atoms with E-state index < -0.39 is 18.3 Å². The van der Waals surface area contributed by atoms with Crippen LogP contribution in [0.4, 0.5) is 23.0 Å². The van der Waals surface area contributed by atoms with Crippen LogP contribution in [-0.2, 0) is 0 Å². The Kier molecular flexibility index (Phi) is 4.95. The minimum atomic E-state index is -5.13. The predicted molar refractivity (Wildman–Crippen MR) is 39.5 cm³/mol. The van der Waals surface area contributed by atoms with E-state index in [1.54, 1.807) is 0 Å². The molecule has 0 radical (unpaired) electrons. The van der Waals surface area contributed by atoms with E-state index in [9.17, 15) is 17.3 Å². The first-order valence-electron chi connectivity index (χ1n) is 3.16. The average Bonchev–Trinajstić information content (AvgIpc) is 1.92. The number of hydrogen-bond donors (Lipinski definition) is 1. The number of anilines is 1. The maximum absolute atomic E-state index is 12.5. The zero-order valence-corrected chi connectivity index (χ0v) is 10.0. The molecule has 0 heterocycles. The van der Waals surface area contributed by atoms with Crippen LogP contribution in [0.25, 0.3) is 0 Å². The molecule has 1 rings (SSSR count). The second kappa shape index (κ2) is 4.79. The predicted octanol–water partition coefficient (Wildman–Crippen LogP) is -1.53. The van der Waals surface area contributed by atoms with Crippen molar-refractivity contribution in [3.63, 3.8) is 0 Å². The third-order valence-electron chi connectivity index (χ3n) is 1.40. The Morgan fingerprint density at radius 3 is 2.08 bits per heavy atom. The molecule has 1 aromatic rings. The minimum absolute atomic E-state index is 0. The van der Waals surface area contributed by atoms with Gasteiger partial charge in [0.1, 0.15) is 5.82 Å². The van der Waals surface area contributed by atoms with Gasteiger partial charge in [0, 0.05) is 0 Å². The molecule has 7 heteroatoms. The Morgan fingerprint density at radius 1 is 1.15 bits per heavy atom. The molecule has 1 nitrogen and oxygen atoms in total.